The molecule has 0 radical (unpaired) electrons. The summed E-state index contributed by atoms with van der Waals surface area (Å²) in [5.41, 5.74) is 1.17. The van der Waals surface area contributed by atoms with E-state index < -0.39 is 46.9 Å². The number of halogens is 6. The first-order chi connectivity index (χ1) is 10.3. The van der Waals surface area contributed by atoms with Crippen LogP contribution < -0.4 is 11.9 Å². The van der Waals surface area contributed by atoms with Gasteiger partial charge in [0, 0.05) is 7.05 Å². The van der Waals surface area contributed by atoms with Crippen molar-refractivity contribution >= 4 is 11.8 Å². The Morgan fingerprint density at radius 1 is 1.08 bits per heavy atom. The van der Waals surface area contributed by atoms with Crippen molar-refractivity contribution in [3.05, 3.63) is 34.9 Å². The van der Waals surface area contributed by atoms with Gasteiger partial charge in [-0.3, -0.25) is 9.59 Å². The second-order valence-corrected chi connectivity index (χ2v) is 4.75. The molecule has 0 aromatic heterocycles. The maximum atomic E-state index is 13.0. The molecule has 0 spiro atoms. The number of nitrogens with zero attached hydrogens (tertiary/aromatic N) is 1. The van der Waals surface area contributed by atoms with Crippen molar-refractivity contribution in [2.75, 3.05) is 7.05 Å². The number of carbonyl (C=O) groups excluding carboxylic acids is 2. The van der Waals surface area contributed by atoms with E-state index in [4.69, 9.17) is 5.73 Å². The van der Waals surface area contributed by atoms with Crippen LogP contribution in [0.4, 0.5) is 26.3 Å². The van der Waals surface area contributed by atoms with Crippen molar-refractivity contribution in [1.82, 2.24) is 11.1 Å². The molecule has 0 saturated heterocycles. The fourth-order valence-corrected chi connectivity index (χ4v) is 1.90. The Bertz CT molecular complexity index is 627. The zero-order chi connectivity index (χ0) is 18.2. The van der Waals surface area contributed by atoms with Crippen molar-refractivity contribution in [3.8, 4) is 0 Å². The third kappa shape index (κ3) is 4.60. The van der Waals surface area contributed by atoms with Crippen LogP contribution in [-0.2, 0) is 21.9 Å². The molecule has 1 aromatic carbocycles. The van der Waals surface area contributed by atoms with Gasteiger partial charge in [-0.25, -0.2) is 0 Å². The van der Waals surface area contributed by atoms with Gasteiger partial charge in [-0.1, -0.05) is 6.07 Å². The first kappa shape index (κ1) is 21.7. The monoisotopic (exact) mass is 359 g/mol. The van der Waals surface area contributed by atoms with E-state index in [-0.39, 0.29) is 12.2 Å². The summed E-state index contributed by atoms with van der Waals surface area (Å²) in [7, 11) is 1.02. The average Bonchev–Trinajstić information content (AvgIpc) is 2.42. The number of rotatable bonds is 2. The van der Waals surface area contributed by atoms with Crippen LogP contribution in [0.25, 0.3) is 0 Å². The van der Waals surface area contributed by atoms with Crippen molar-refractivity contribution in [1.29, 1.82) is 0 Å². The number of hydrogen-bond acceptors (Lipinski definition) is 3. The first-order valence-electron chi connectivity index (χ1n) is 6.11. The minimum atomic E-state index is -5.07. The van der Waals surface area contributed by atoms with Crippen LogP contribution in [0.2, 0.25) is 0 Å². The zero-order valence-electron chi connectivity index (χ0n) is 12.6. The van der Waals surface area contributed by atoms with Gasteiger partial charge in [-0.15, -0.1) is 0 Å². The second kappa shape index (κ2) is 7.07. The van der Waals surface area contributed by atoms with Gasteiger partial charge < -0.3 is 16.8 Å². The normalized spacial score (nSPS) is 13.0. The molecule has 0 aliphatic rings. The predicted octanol–water partition coefficient (Wildman–Crippen LogP) is 2.89. The highest BCUT2D eigenvalue weighted by Crippen LogP contribution is 2.39. The third-order valence-corrected chi connectivity index (χ3v) is 3.25. The first-order valence-corrected chi connectivity index (χ1v) is 6.11. The molecule has 5 nitrogen and oxygen atoms in total. The van der Waals surface area contributed by atoms with Gasteiger partial charge in [0.15, 0.2) is 0 Å². The highest BCUT2D eigenvalue weighted by atomic mass is 19.4. The minimum absolute atomic E-state index is 0. The Morgan fingerprint density at radius 2 is 1.58 bits per heavy atom. The Morgan fingerprint density at radius 3 is 1.96 bits per heavy atom. The van der Waals surface area contributed by atoms with E-state index in [0.29, 0.717) is 17.0 Å². The zero-order valence-corrected chi connectivity index (χ0v) is 12.6. The van der Waals surface area contributed by atoms with Crippen LogP contribution >= 0.6 is 0 Å². The van der Waals surface area contributed by atoms with Gasteiger partial charge >= 0.3 is 24.2 Å². The second-order valence-electron chi connectivity index (χ2n) is 4.75. The highest BCUT2D eigenvalue weighted by molar-refractivity contribution is 6.34. The Hall–Kier alpha value is -2.30. The summed E-state index contributed by atoms with van der Waals surface area (Å²) in [4.78, 5) is 22.9. The molecule has 0 saturated carbocycles. The van der Waals surface area contributed by atoms with E-state index in [1.54, 1.807) is 0 Å². The highest BCUT2D eigenvalue weighted by Gasteiger charge is 2.39. The van der Waals surface area contributed by atoms with Crippen LogP contribution in [0.1, 0.15) is 29.7 Å². The van der Waals surface area contributed by atoms with Crippen LogP contribution in [0.5, 0.6) is 0 Å². The molecule has 2 amide bonds. The molecule has 24 heavy (non-hydrogen) atoms. The van der Waals surface area contributed by atoms with E-state index in [1.165, 1.54) is 0 Å². The maximum absolute atomic E-state index is 13.0. The van der Waals surface area contributed by atoms with Crippen LogP contribution in [-0.4, -0.2) is 23.8 Å². The topological polar surface area (TPSA) is 98.4 Å². The quantitative estimate of drug-likeness (QED) is 0.627. The molecule has 1 unspecified atom stereocenters. The molecule has 0 heterocycles. The van der Waals surface area contributed by atoms with E-state index in [2.05, 4.69) is 0 Å². The number of benzene rings is 1. The lowest BCUT2D eigenvalue weighted by Crippen LogP contribution is -2.39. The molecule has 0 aliphatic heterocycles. The van der Waals surface area contributed by atoms with Gasteiger partial charge in [0.1, 0.15) is 0 Å². The van der Waals surface area contributed by atoms with E-state index in [1.807, 2.05) is 0 Å². The van der Waals surface area contributed by atoms with Crippen LogP contribution in [0, 0.1) is 0 Å². The Balaban J connectivity index is 0.00000529. The van der Waals surface area contributed by atoms with Gasteiger partial charge in [0.05, 0.1) is 17.2 Å². The van der Waals surface area contributed by atoms with Crippen molar-refractivity contribution in [2.24, 2.45) is 5.73 Å². The standard InChI is InChI=1S/C13H12F6N2O2.H3N/c1-6(21(2)11(23)10(20)22)8-4-3-7(12(14,15)16)5-9(8)13(17,18)19;/h3-6H,1-2H3,(H2,20,22);1H3. The van der Waals surface area contributed by atoms with Crippen molar-refractivity contribution in [3.63, 3.8) is 0 Å². The minimum Gasteiger partial charge on any atom is -0.361 e. The molecule has 0 fully saturated rings. The molecular weight excluding hydrogens is 344 g/mol. The number of hydrogen-bond donors (Lipinski definition) is 2. The van der Waals surface area contributed by atoms with E-state index >= 15 is 0 Å². The summed E-state index contributed by atoms with van der Waals surface area (Å²) in [6.07, 6.45) is -10.0. The molecule has 1 aromatic rings. The number of nitrogens with two attached hydrogens (primary N) is 1. The van der Waals surface area contributed by atoms with Crippen LogP contribution in [0.3, 0.4) is 0 Å². The van der Waals surface area contributed by atoms with Crippen LogP contribution in [0.15, 0.2) is 18.2 Å². The summed E-state index contributed by atoms with van der Waals surface area (Å²) in [6, 6.07) is -0.243. The molecule has 0 aliphatic carbocycles. The number of alkyl halides is 6. The van der Waals surface area contributed by atoms with E-state index in [0.717, 1.165) is 14.0 Å². The number of likely N-dealkylation sites (N-methyl/N-ethyl adjacent to an activating group) is 1. The predicted molar refractivity (Wildman–Crippen MR) is 71.8 cm³/mol. The lowest BCUT2D eigenvalue weighted by atomic mass is 9.97. The van der Waals surface area contributed by atoms with Gasteiger partial charge in [0.25, 0.3) is 0 Å². The maximum Gasteiger partial charge on any atom is 0.416 e. The number of amides is 2. The molecule has 11 heteroatoms. The molecule has 5 N–H and O–H groups in total. The van der Waals surface area contributed by atoms with Gasteiger partial charge in [-0.05, 0) is 24.6 Å². The molecule has 136 valence electrons. The molecule has 1 rings (SSSR count). The smallest absolute Gasteiger partial charge is 0.361 e. The lowest BCUT2D eigenvalue weighted by Gasteiger charge is -2.27. The summed E-state index contributed by atoms with van der Waals surface area (Å²) in [5, 5.41) is 0. The molecule has 1 atom stereocenters. The van der Waals surface area contributed by atoms with Gasteiger partial charge in [0.2, 0.25) is 0 Å². The molecular formula is C13H15F6N3O2. The van der Waals surface area contributed by atoms with Crippen molar-refractivity contribution < 1.29 is 35.9 Å². The van der Waals surface area contributed by atoms with E-state index in [9.17, 15) is 35.9 Å². The average molecular weight is 359 g/mol. The fraction of sp³-hybridized carbons (Fsp3) is 0.385. The summed E-state index contributed by atoms with van der Waals surface area (Å²) >= 11 is 0. The molecule has 0 bridgehead atoms. The largest absolute Gasteiger partial charge is 0.416 e. The summed E-state index contributed by atoms with van der Waals surface area (Å²) in [6.45, 7) is 1.14. The van der Waals surface area contributed by atoms with Crippen molar-refractivity contribution in [2.45, 2.75) is 25.3 Å². The summed E-state index contributed by atoms with van der Waals surface area (Å²) < 4.78 is 76.9. The lowest BCUT2D eigenvalue weighted by molar-refractivity contribution is -0.146. The fourth-order valence-electron chi connectivity index (χ4n) is 1.90. The Labute approximate surface area is 133 Å². The third-order valence-electron chi connectivity index (χ3n) is 3.25. The number of carbonyl (C=O) groups is 2. The number of primary amides is 1. The summed E-state index contributed by atoms with van der Waals surface area (Å²) in [5.74, 6) is -2.65. The Kier molecular flexibility index (Phi) is 6.40. The van der Waals surface area contributed by atoms with Gasteiger partial charge in [-0.2, -0.15) is 26.3 Å². The SMILES string of the molecule is CC(c1ccc(C(F)(F)F)cc1C(F)(F)F)N(C)C(=O)C(N)=O.N.